The number of benzene rings is 2. The number of anilines is 1. The SMILES string of the molecule is COc1ccc(CCNCCC(=O)Nc2ccccc2C)cc1. The maximum absolute atomic E-state index is 11.9. The first-order valence-corrected chi connectivity index (χ1v) is 7.88. The molecule has 0 spiro atoms. The lowest BCUT2D eigenvalue weighted by Gasteiger charge is -2.09. The van der Waals surface area contributed by atoms with Gasteiger partial charge >= 0.3 is 0 Å². The van der Waals surface area contributed by atoms with Crippen molar-refractivity contribution >= 4 is 11.6 Å². The van der Waals surface area contributed by atoms with Crippen LogP contribution in [0.2, 0.25) is 0 Å². The summed E-state index contributed by atoms with van der Waals surface area (Å²) in [4.78, 5) is 11.9. The van der Waals surface area contributed by atoms with E-state index in [1.54, 1.807) is 7.11 Å². The van der Waals surface area contributed by atoms with Crippen molar-refractivity contribution < 1.29 is 9.53 Å². The maximum Gasteiger partial charge on any atom is 0.225 e. The number of para-hydroxylation sites is 1. The van der Waals surface area contributed by atoms with Crippen LogP contribution >= 0.6 is 0 Å². The van der Waals surface area contributed by atoms with Crippen LogP contribution in [0.1, 0.15) is 17.5 Å². The number of hydrogen-bond acceptors (Lipinski definition) is 3. The van der Waals surface area contributed by atoms with Crippen LogP contribution < -0.4 is 15.4 Å². The Balaban J connectivity index is 1.63. The van der Waals surface area contributed by atoms with Crippen LogP contribution in [-0.4, -0.2) is 26.1 Å². The van der Waals surface area contributed by atoms with Gasteiger partial charge < -0.3 is 15.4 Å². The second kappa shape index (κ2) is 8.96. The molecule has 122 valence electrons. The van der Waals surface area contributed by atoms with E-state index in [4.69, 9.17) is 4.74 Å². The van der Waals surface area contributed by atoms with E-state index in [0.717, 1.165) is 30.0 Å². The number of nitrogens with one attached hydrogen (secondary N) is 2. The van der Waals surface area contributed by atoms with Crippen molar-refractivity contribution in [3.05, 3.63) is 59.7 Å². The Hall–Kier alpha value is -2.33. The summed E-state index contributed by atoms with van der Waals surface area (Å²) in [5.41, 5.74) is 3.21. The van der Waals surface area contributed by atoms with E-state index in [-0.39, 0.29) is 5.91 Å². The number of carbonyl (C=O) groups excluding carboxylic acids is 1. The number of methoxy groups -OCH3 is 1. The van der Waals surface area contributed by atoms with E-state index >= 15 is 0 Å². The standard InChI is InChI=1S/C19H24N2O2/c1-15-5-3-4-6-18(15)21-19(22)12-14-20-13-11-16-7-9-17(23-2)10-8-16/h3-10,20H,11-14H2,1-2H3,(H,21,22). The van der Waals surface area contributed by atoms with Gasteiger partial charge in [-0.2, -0.15) is 0 Å². The molecule has 0 saturated heterocycles. The van der Waals surface area contributed by atoms with Crippen molar-refractivity contribution in [1.82, 2.24) is 5.32 Å². The van der Waals surface area contributed by atoms with Crippen LogP contribution in [0.3, 0.4) is 0 Å². The first-order chi connectivity index (χ1) is 11.2. The second-order valence-electron chi connectivity index (χ2n) is 5.46. The monoisotopic (exact) mass is 312 g/mol. The van der Waals surface area contributed by atoms with Crippen LogP contribution in [0.5, 0.6) is 5.75 Å². The molecule has 0 radical (unpaired) electrons. The fourth-order valence-corrected chi connectivity index (χ4v) is 2.28. The van der Waals surface area contributed by atoms with Crippen molar-refractivity contribution in [1.29, 1.82) is 0 Å². The summed E-state index contributed by atoms with van der Waals surface area (Å²) >= 11 is 0. The van der Waals surface area contributed by atoms with Gasteiger partial charge in [-0.25, -0.2) is 0 Å². The van der Waals surface area contributed by atoms with Gasteiger partial charge in [-0.05, 0) is 49.2 Å². The summed E-state index contributed by atoms with van der Waals surface area (Å²) in [6, 6.07) is 15.8. The Kier molecular flexibility index (Phi) is 6.63. The quantitative estimate of drug-likeness (QED) is 0.736. The third kappa shape index (κ3) is 5.75. The largest absolute Gasteiger partial charge is 0.497 e. The molecule has 4 nitrogen and oxygen atoms in total. The Bertz CT molecular complexity index is 624. The molecule has 0 atom stereocenters. The molecule has 2 N–H and O–H groups in total. The van der Waals surface area contributed by atoms with Gasteiger partial charge in [-0.3, -0.25) is 4.79 Å². The number of ether oxygens (including phenoxy) is 1. The van der Waals surface area contributed by atoms with Gasteiger partial charge in [-0.15, -0.1) is 0 Å². The van der Waals surface area contributed by atoms with Crippen LogP contribution in [0.15, 0.2) is 48.5 Å². The maximum atomic E-state index is 11.9. The van der Waals surface area contributed by atoms with E-state index < -0.39 is 0 Å². The topological polar surface area (TPSA) is 50.4 Å². The third-order valence-corrected chi connectivity index (χ3v) is 3.70. The van der Waals surface area contributed by atoms with Crippen molar-refractivity contribution in [3.8, 4) is 5.75 Å². The molecule has 0 aliphatic carbocycles. The van der Waals surface area contributed by atoms with Gasteiger partial charge in [0.05, 0.1) is 7.11 Å². The molecule has 0 fully saturated rings. The summed E-state index contributed by atoms with van der Waals surface area (Å²) in [6.07, 6.45) is 1.40. The highest BCUT2D eigenvalue weighted by Gasteiger charge is 2.03. The molecule has 0 heterocycles. The van der Waals surface area contributed by atoms with E-state index in [9.17, 15) is 4.79 Å². The highest BCUT2D eigenvalue weighted by Crippen LogP contribution is 2.13. The van der Waals surface area contributed by atoms with Crippen molar-refractivity contribution in [2.24, 2.45) is 0 Å². The molecule has 1 amide bonds. The molecule has 2 rings (SSSR count). The molecule has 0 saturated carbocycles. The molecular weight excluding hydrogens is 288 g/mol. The molecule has 23 heavy (non-hydrogen) atoms. The fourth-order valence-electron chi connectivity index (χ4n) is 2.28. The molecule has 0 aliphatic heterocycles. The normalized spacial score (nSPS) is 10.3. The van der Waals surface area contributed by atoms with Gasteiger partial charge in [-0.1, -0.05) is 30.3 Å². The average Bonchev–Trinajstić information content (AvgIpc) is 2.57. The minimum Gasteiger partial charge on any atom is -0.497 e. The molecule has 2 aromatic rings. The lowest BCUT2D eigenvalue weighted by molar-refractivity contribution is -0.116. The van der Waals surface area contributed by atoms with Crippen LogP contribution in [0.25, 0.3) is 0 Å². The van der Waals surface area contributed by atoms with E-state index in [1.165, 1.54) is 5.56 Å². The number of aryl methyl sites for hydroxylation is 1. The fraction of sp³-hybridized carbons (Fsp3) is 0.316. The number of hydrogen-bond donors (Lipinski definition) is 2. The first-order valence-electron chi connectivity index (χ1n) is 7.88. The van der Waals surface area contributed by atoms with E-state index in [0.29, 0.717) is 13.0 Å². The molecule has 0 unspecified atom stereocenters. The van der Waals surface area contributed by atoms with Gasteiger partial charge in [0.25, 0.3) is 0 Å². The average molecular weight is 312 g/mol. The molecule has 2 aromatic carbocycles. The Morgan fingerprint density at radius 1 is 1.04 bits per heavy atom. The predicted octanol–water partition coefficient (Wildman–Crippen LogP) is 3.16. The summed E-state index contributed by atoms with van der Waals surface area (Å²) in [7, 11) is 1.67. The predicted molar refractivity (Wildman–Crippen MR) is 94.0 cm³/mol. The Labute approximate surface area is 137 Å². The highest BCUT2D eigenvalue weighted by molar-refractivity contribution is 5.91. The summed E-state index contributed by atoms with van der Waals surface area (Å²) < 4.78 is 5.14. The van der Waals surface area contributed by atoms with E-state index in [2.05, 4.69) is 22.8 Å². The van der Waals surface area contributed by atoms with Crippen molar-refractivity contribution in [2.75, 3.05) is 25.5 Å². The summed E-state index contributed by atoms with van der Waals surface area (Å²) in [5.74, 6) is 0.908. The summed E-state index contributed by atoms with van der Waals surface area (Å²) in [5, 5.41) is 6.24. The zero-order valence-electron chi connectivity index (χ0n) is 13.8. The number of rotatable bonds is 8. The highest BCUT2D eigenvalue weighted by atomic mass is 16.5. The zero-order chi connectivity index (χ0) is 16.5. The molecule has 0 aliphatic rings. The van der Waals surface area contributed by atoms with Gasteiger partial charge in [0.15, 0.2) is 0 Å². The minimum absolute atomic E-state index is 0.0382. The van der Waals surface area contributed by atoms with Crippen molar-refractivity contribution in [2.45, 2.75) is 19.8 Å². The molecule has 0 aromatic heterocycles. The second-order valence-corrected chi connectivity index (χ2v) is 5.46. The molecule has 4 heteroatoms. The third-order valence-electron chi connectivity index (χ3n) is 3.70. The van der Waals surface area contributed by atoms with Crippen LogP contribution in [0.4, 0.5) is 5.69 Å². The first kappa shape index (κ1) is 17.0. The molecule has 0 bridgehead atoms. The lowest BCUT2D eigenvalue weighted by atomic mass is 10.1. The smallest absolute Gasteiger partial charge is 0.225 e. The van der Waals surface area contributed by atoms with Gasteiger partial charge in [0, 0.05) is 18.7 Å². The number of amides is 1. The minimum atomic E-state index is 0.0382. The Morgan fingerprint density at radius 3 is 2.48 bits per heavy atom. The van der Waals surface area contributed by atoms with Gasteiger partial charge in [0.2, 0.25) is 5.91 Å². The van der Waals surface area contributed by atoms with Gasteiger partial charge in [0.1, 0.15) is 5.75 Å². The van der Waals surface area contributed by atoms with Crippen LogP contribution in [0, 0.1) is 6.92 Å². The Morgan fingerprint density at radius 2 is 1.78 bits per heavy atom. The zero-order valence-corrected chi connectivity index (χ0v) is 13.8. The van der Waals surface area contributed by atoms with E-state index in [1.807, 2.05) is 43.3 Å². The number of carbonyl (C=O) groups is 1. The van der Waals surface area contributed by atoms with Crippen molar-refractivity contribution in [3.63, 3.8) is 0 Å². The lowest BCUT2D eigenvalue weighted by Crippen LogP contribution is -2.23. The van der Waals surface area contributed by atoms with Crippen LogP contribution in [-0.2, 0) is 11.2 Å². The summed E-state index contributed by atoms with van der Waals surface area (Å²) in [6.45, 7) is 3.51. The molecular formula is C19H24N2O2.